The second-order valence-corrected chi connectivity index (χ2v) is 2.77. The van der Waals surface area contributed by atoms with Crippen LogP contribution in [0, 0.1) is 5.92 Å². The van der Waals surface area contributed by atoms with Crippen LogP contribution in [0.2, 0.25) is 0 Å². The number of aliphatic hydroxyl groups excluding tert-OH is 1. The van der Waals surface area contributed by atoms with Crippen molar-refractivity contribution in [2.24, 2.45) is 5.92 Å². The Kier molecular flexibility index (Phi) is 3.24. The van der Waals surface area contributed by atoms with E-state index in [1.165, 1.54) is 6.92 Å². The summed E-state index contributed by atoms with van der Waals surface area (Å²) in [6.45, 7) is 4.79. The van der Waals surface area contributed by atoms with Crippen LogP contribution in [-0.2, 0) is 0 Å². The predicted molar refractivity (Wildman–Crippen MR) is 36.4 cm³/mol. The zero-order valence-electron chi connectivity index (χ0n) is 6.50. The van der Waals surface area contributed by atoms with E-state index in [0.717, 1.165) is 0 Å². The second-order valence-electron chi connectivity index (χ2n) is 2.77. The maximum atomic E-state index is 9.36. The molecule has 0 aromatic heterocycles. The van der Waals surface area contributed by atoms with Crippen molar-refractivity contribution in [3.8, 4) is 0 Å². The smallest absolute Gasteiger partial charge is 0.165 e. The summed E-state index contributed by atoms with van der Waals surface area (Å²) in [4.78, 5) is 0. The Morgan fingerprint density at radius 2 is 1.70 bits per heavy atom. The Morgan fingerprint density at radius 1 is 1.30 bits per heavy atom. The zero-order valence-corrected chi connectivity index (χ0v) is 6.50. The van der Waals surface area contributed by atoms with Gasteiger partial charge >= 0.3 is 0 Å². The Bertz CT molecular complexity index is 95.2. The molecule has 0 bridgehead atoms. The van der Waals surface area contributed by atoms with Crippen molar-refractivity contribution in [2.45, 2.75) is 32.6 Å². The number of hydrogen-bond acceptors (Lipinski definition) is 4. The lowest BCUT2D eigenvalue weighted by Gasteiger charge is -2.32. The summed E-state index contributed by atoms with van der Waals surface area (Å²) in [6, 6.07) is 0. The van der Waals surface area contributed by atoms with Gasteiger partial charge in [-0.05, 0) is 6.92 Å². The molecule has 0 aromatic rings. The van der Waals surface area contributed by atoms with Gasteiger partial charge in [0.15, 0.2) is 5.72 Å². The van der Waals surface area contributed by atoms with Gasteiger partial charge in [-0.15, -0.1) is 0 Å². The van der Waals surface area contributed by atoms with E-state index < -0.39 is 11.8 Å². The molecule has 0 aromatic carbocycles. The number of hydroxylamine groups is 1. The third kappa shape index (κ3) is 1.67. The molecule has 0 aliphatic rings. The first-order valence-corrected chi connectivity index (χ1v) is 3.26. The third-order valence-corrected chi connectivity index (χ3v) is 1.70. The molecule has 0 aliphatic heterocycles. The van der Waals surface area contributed by atoms with Crippen LogP contribution in [0.4, 0.5) is 0 Å². The fourth-order valence-corrected chi connectivity index (χ4v) is 0.705. The van der Waals surface area contributed by atoms with Gasteiger partial charge in [0.1, 0.15) is 0 Å². The monoisotopic (exact) mass is 149 g/mol. The number of nitrogens with one attached hydrogen (secondary N) is 1. The molecule has 0 amide bonds. The molecule has 0 spiro atoms. The van der Waals surface area contributed by atoms with Crippen molar-refractivity contribution in [1.82, 2.24) is 5.48 Å². The molecule has 10 heavy (non-hydrogen) atoms. The van der Waals surface area contributed by atoms with Gasteiger partial charge in [0, 0.05) is 5.92 Å². The molecule has 0 saturated heterocycles. The van der Waals surface area contributed by atoms with Gasteiger partial charge in [0.05, 0.1) is 6.10 Å². The van der Waals surface area contributed by atoms with Crippen LogP contribution in [0.15, 0.2) is 0 Å². The van der Waals surface area contributed by atoms with Crippen molar-refractivity contribution in [3.63, 3.8) is 0 Å². The van der Waals surface area contributed by atoms with Gasteiger partial charge in [-0.25, -0.2) is 0 Å². The van der Waals surface area contributed by atoms with E-state index in [4.69, 9.17) is 10.3 Å². The molecule has 0 radical (unpaired) electrons. The van der Waals surface area contributed by atoms with Crippen LogP contribution in [0.1, 0.15) is 20.8 Å². The van der Waals surface area contributed by atoms with Gasteiger partial charge in [0.2, 0.25) is 0 Å². The molecule has 0 saturated carbocycles. The summed E-state index contributed by atoms with van der Waals surface area (Å²) in [6.07, 6.45) is -1.00. The molecule has 0 fully saturated rings. The lowest BCUT2D eigenvalue weighted by atomic mass is 9.96. The Morgan fingerprint density at radius 3 is 1.70 bits per heavy atom. The molecular weight excluding hydrogens is 134 g/mol. The average molecular weight is 149 g/mol. The summed E-state index contributed by atoms with van der Waals surface area (Å²) >= 11 is 0. The normalized spacial score (nSPS) is 20.7. The minimum atomic E-state index is -1.60. The first-order chi connectivity index (χ1) is 4.45. The first kappa shape index (κ1) is 9.84. The van der Waals surface area contributed by atoms with E-state index >= 15 is 0 Å². The van der Waals surface area contributed by atoms with Crippen LogP contribution in [0.5, 0.6) is 0 Å². The minimum absolute atomic E-state index is 0.252. The predicted octanol–water partition coefficient (Wildman–Crippen LogP) is -0.309. The zero-order chi connectivity index (χ0) is 8.36. The van der Waals surface area contributed by atoms with Gasteiger partial charge in [-0.2, -0.15) is 5.48 Å². The highest BCUT2D eigenvalue weighted by molar-refractivity contribution is 4.80. The Hall–Kier alpha value is -0.160. The van der Waals surface area contributed by atoms with E-state index in [1.54, 1.807) is 19.3 Å². The quantitative estimate of drug-likeness (QED) is 0.328. The summed E-state index contributed by atoms with van der Waals surface area (Å²) in [5, 5.41) is 26.8. The van der Waals surface area contributed by atoms with E-state index in [9.17, 15) is 5.11 Å². The molecule has 2 atom stereocenters. The standard InChI is InChI=1S/C6H15NO3/c1-4(2)6(9,7-10)5(3)8/h4-5,7-10H,1-3H3. The van der Waals surface area contributed by atoms with Crippen molar-refractivity contribution >= 4 is 0 Å². The van der Waals surface area contributed by atoms with Crippen LogP contribution in [0.25, 0.3) is 0 Å². The maximum Gasteiger partial charge on any atom is 0.165 e. The lowest BCUT2D eigenvalue weighted by Crippen LogP contribution is -2.56. The van der Waals surface area contributed by atoms with Crippen molar-refractivity contribution in [1.29, 1.82) is 0 Å². The summed E-state index contributed by atoms with van der Waals surface area (Å²) < 4.78 is 0. The third-order valence-electron chi connectivity index (χ3n) is 1.70. The minimum Gasteiger partial charge on any atom is -0.389 e. The molecule has 2 unspecified atom stereocenters. The second kappa shape index (κ2) is 3.30. The maximum absolute atomic E-state index is 9.36. The van der Waals surface area contributed by atoms with Crippen molar-refractivity contribution in [3.05, 3.63) is 0 Å². The Balaban J connectivity index is 4.23. The molecular formula is C6H15NO3. The summed E-state index contributed by atoms with van der Waals surface area (Å²) in [5.41, 5.74) is 0.0856. The van der Waals surface area contributed by atoms with E-state index in [1.807, 2.05) is 0 Å². The van der Waals surface area contributed by atoms with Gasteiger partial charge in [-0.3, -0.25) is 0 Å². The largest absolute Gasteiger partial charge is 0.389 e. The topological polar surface area (TPSA) is 72.7 Å². The molecule has 4 heteroatoms. The molecule has 4 N–H and O–H groups in total. The molecule has 0 aliphatic carbocycles. The van der Waals surface area contributed by atoms with Gasteiger partial charge in [0.25, 0.3) is 0 Å². The van der Waals surface area contributed by atoms with E-state index in [2.05, 4.69) is 0 Å². The van der Waals surface area contributed by atoms with Crippen molar-refractivity contribution < 1.29 is 15.4 Å². The van der Waals surface area contributed by atoms with Gasteiger partial charge < -0.3 is 15.4 Å². The van der Waals surface area contributed by atoms with Crippen LogP contribution < -0.4 is 5.48 Å². The van der Waals surface area contributed by atoms with Crippen molar-refractivity contribution in [2.75, 3.05) is 0 Å². The highest BCUT2D eigenvalue weighted by Gasteiger charge is 2.35. The number of rotatable bonds is 3. The first-order valence-electron chi connectivity index (χ1n) is 3.26. The number of hydrogen-bond donors (Lipinski definition) is 4. The van der Waals surface area contributed by atoms with Gasteiger partial charge in [-0.1, -0.05) is 13.8 Å². The van der Waals surface area contributed by atoms with E-state index in [-0.39, 0.29) is 5.92 Å². The highest BCUT2D eigenvalue weighted by atomic mass is 16.5. The average Bonchev–Trinajstić information content (AvgIpc) is 1.85. The SMILES string of the molecule is CC(C)C(O)(NO)C(C)O. The molecule has 4 nitrogen and oxygen atoms in total. The van der Waals surface area contributed by atoms with Crippen LogP contribution in [0.3, 0.4) is 0 Å². The van der Waals surface area contributed by atoms with Crippen LogP contribution in [-0.4, -0.2) is 27.2 Å². The van der Waals surface area contributed by atoms with E-state index in [0.29, 0.717) is 0 Å². The number of aliphatic hydroxyl groups is 2. The summed E-state index contributed by atoms with van der Waals surface area (Å²) in [5.74, 6) is -0.252. The highest BCUT2D eigenvalue weighted by Crippen LogP contribution is 2.16. The van der Waals surface area contributed by atoms with Crippen LogP contribution >= 0.6 is 0 Å². The molecule has 0 rings (SSSR count). The fraction of sp³-hybridized carbons (Fsp3) is 1.00. The lowest BCUT2D eigenvalue weighted by molar-refractivity contribution is -0.180. The Labute approximate surface area is 60.5 Å². The molecule has 62 valence electrons. The summed E-state index contributed by atoms with van der Waals surface area (Å²) in [7, 11) is 0. The fourth-order valence-electron chi connectivity index (χ4n) is 0.705. The molecule has 0 heterocycles.